The van der Waals surface area contributed by atoms with Gasteiger partial charge < -0.3 is 4.52 Å². The van der Waals surface area contributed by atoms with E-state index in [1.165, 1.54) is 11.5 Å². The molecule has 0 N–H and O–H groups in total. The maximum atomic E-state index is 5.32. The summed E-state index contributed by atoms with van der Waals surface area (Å²) in [6, 6.07) is 0.263. The minimum absolute atomic E-state index is 0.263. The number of rotatable bonds is 4. The lowest BCUT2D eigenvalue weighted by molar-refractivity contribution is 0.189. The molecule has 0 radical (unpaired) electrons. The molecule has 1 aliphatic rings. The molecule has 1 atom stereocenters. The van der Waals surface area contributed by atoms with Crippen LogP contribution in [0.3, 0.4) is 0 Å². The van der Waals surface area contributed by atoms with Crippen LogP contribution in [0.15, 0.2) is 4.52 Å². The summed E-state index contributed by atoms with van der Waals surface area (Å²) in [6.07, 6.45) is 1.97. The largest absolute Gasteiger partial charge is 0.338 e. The van der Waals surface area contributed by atoms with E-state index in [-0.39, 0.29) is 6.04 Å². The van der Waals surface area contributed by atoms with Crippen LogP contribution in [-0.4, -0.2) is 39.6 Å². The monoisotopic (exact) mass is 241 g/mol. The first-order valence-electron chi connectivity index (χ1n) is 5.95. The highest BCUT2D eigenvalue weighted by atomic mass is 32.2. The molecule has 1 aromatic rings. The quantitative estimate of drug-likeness (QED) is 0.808. The van der Waals surface area contributed by atoms with E-state index in [9.17, 15) is 0 Å². The van der Waals surface area contributed by atoms with Crippen molar-refractivity contribution < 1.29 is 4.52 Å². The average molecular weight is 241 g/mol. The molecular formula is C11H19N3OS. The summed E-state index contributed by atoms with van der Waals surface area (Å²) in [7, 11) is 0. The van der Waals surface area contributed by atoms with Gasteiger partial charge in [-0.1, -0.05) is 12.1 Å². The number of nitrogens with zero attached hydrogens (tertiary/aromatic N) is 3. The molecule has 2 rings (SSSR count). The number of thioether (sulfide) groups is 1. The summed E-state index contributed by atoms with van der Waals surface area (Å²) in [5, 5.41) is 4.00. The second-order valence-corrected chi connectivity index (χ2v) is 5.35. The van der Waals surface area contributed by atoms with Crippen LogP contribution in [0, 0.1) is 0 Å². The van der Waals surface area contributed by atoms with E-state index in [4.69, 9.17) is 4.52 Å². The summed E-state index contributed by atoms with van der Waals surface area (Å²) in [5.74, 6) is 4.03. The molecule has 5 heteroatoms. The van der Waals surface area contributed by atoms with Gasteiger partial charge in [0.25, 0.3) is 0 Å². The Kier molecular flexibility index (Phi) is 4.23. The Morgan fingerprint density at radius 2 is 2.19 bits per heavy atom. The van der Waals surface area contributed by atoms with Crippen LogP contribution in [0.2, 0.25) is 0 Å². The highest BCUT2D eigenvalue weighted by Gasteiger charge is 2.22. The maximum absolute atomic E-state index is 5.32. The van der Waals surface area contributed by atoms with Crippen LogP contribution in [0.1, 0.15) is 38.0 Å². The van der Waals surface area contributed by atoms with Crippen molar-refractivity contribution in [2.45, 2.75) is 32.7 Å². The third-order valence-corrected chi connectivity index (χ3v) is 3.85. The lowest BCUT2D eigenvalue weighted by Gasteiger charge is -2.29. The van der Waals surface area contributed by atoms with Crippen LogP contribution in [0.5, 0.6) is 0 Å². The van der Waals surface area contributed by atoms with Crippen molar-refractivity contribution in [2.75, 3.05) is 24.6 Å². The lowest BCUT2D eigenvalue weighted by atomic mass is 10.2. The van der Waals surface area contributed by atoms with Crippen molar-refractivity contribution in [3.05, 3.63) is 11.7 Å². The molecule has 0 aliphatic carbocycles. The van der Waals surface area contributed by atoms with E-state index in [1.54, 1.807) is 0 Å². The van der Waals surface area contributed by atoms with Crippen LogP contribution in [-0.2, 0) is 6.42 Å². The topological polar surface area (TPSA) is 42.2 Å². The van der Waals surface area contributed by atoms with Gasteiger partial charge >= 0.3 is 0 Å². The van der Waals surface area contributed by atoms with Crippen LogP contribution >= 0.6 is 11.8 Å². The third-order valence-electron chi connectivity index (χ3n) is 2.91. The molecule has 2 heterocycles. The molecule has 0 bridgehead atoms. The molecule has 1 aliphatic heterocycles. The van der Waals surface area contributed by atoms with Crippen molar-refractivity contribution in [3.8, 4) is 0 Å². The van der Waals surface area contributed by atoms with E-state index in [0.717, 1.165) is 37.6 Å². The standard InChI is InChI=1S/C11H19N3OS/c1-3-4-10-12-11(15-13-10)9(2)14-5-7-16-8-6-14/h9H,3-8H2,1-2H3/t9-/m1/s1. The average Bonchev–Trinajstić information content (AvgIpc) is 2.78. The second kappa shape index (κ2) is 5.68. The Labute approximate surface area is 101 Å². The Balaban J connectivity index is 1.98. The Hall–Kier alpha value is -0.550. The van der Waals surface area contributed by atoms with E-state index in [0.29, 0.717) is 0 Å². The number of hydrogen-bond donors (Lipinski definition) is 0. The molecule has 0 aromatic carbocycles. The van der Waals surface area contributed by atoms with Gasteiger partial charge in [0.15, 0.2) is 5.82 Å². The van der Waals surface area contributed by atoms with Crippen molar-refractivity contribution in [3.63, 3.8) is 0 Å². The smallest absolute Gasteiger partial charge is 0.243 e. The molecule has 0 amide bonds. The summed E-state index contributed by atoms with van der Waals surface area (Å²) in [5.41, 5.74) is 0. The fraction of sp³-hybridized carbons (Fsp3) is 0.818. The van der Waals surface area contributed by atoms with Crippen molar-refractivity contribution in [2.24, 2.45) is 0 Å². The minimum atomic E-state index is 0.263. The molecule has 90 valence electrons. The predicted molar refractivity (Wildman–Crippen MR) is 65.6 cm³/mol. The van der Waals surface area contributed by atoms with Crippen LogP contribution in [0.25, 0.3) is 0 Å². The van der Waals surface area contributed by atoms with E-state index >= 15 is 0 Å². The summed E-state index contributed by atoms with van der Waals surface area (Å²) >= 11 is 2.02. The fourth-order valence-corrected chi connectivity index (χ4v) is 2.81. The van der Waals surface area contributed by atoms with Gasteiger partial charge in [0.2, 0.25) is 5.89 Å². The number of aromatic nitrogens is 2. The normalized spacial score (nSPS) is 19.9. The molecular weight excluding hydrogens is 222 g/mol. The summed E-state index contributed by atoms with van der Waals surface area (Å²) < 4.78 is 5.32. The van der Waals surface area contributed by atoms with Crippen molar-refractivity contribution in [1.29, 1.82) is 0 Å². The molecule has 0 spiro atoms. The summed E-state index contributed by atoms with van der Waals surface area (Å²) in [6.45, 7) is 6.52. The molecule has 1 fully saturated rings. The number of hydrogen-bond acceptors (Lipinski definition) is 5. The van der Waals surface area contributed by atoms with Gasteiger partial charge in [-0.25, -0.2) is 0 Å². The maximum Gasteiger partial charge on any atom is 0.243 e. The van der Waals surface area contributed by atoms with Gasteiger partial charge in [-0.15, -0.1) is 0 Å². The number of aryl methyl sites for hydroxylation is 1. The van der Waals surface area contributed by atoms with Gasteiger partial charge in [-0.3, -0.25) is 4.90 Å². The van der Waals surface area contributed by atoms with E-state index < -0.39 is 0 Å². The van der Waals surface area contributed by atoms with Gasteiger partial charge in [-0.05, 0) is 13.3 Å². The Bertz CT molecular complexity index is 323. The summed E-state index contributed by atoms with van der Waals surface area (Å²) in [4.78, 5) is 6.87. The Morgan fingerprint density at radius 3 is 2.88 bits per heavy atom. The molecule has 1 saturated heterocycles. The molecule has 1 aromatic heterocycles. The minimum Gasteiger partial charge on any atom is -0.338 e. The molecule has 0 saturated carbocycles. The molecule has 0 unspecified atom stereocenters. The van der Waals surface area contributed by atoms with Crippen LogP contribution in [0.4, 0.5) is 0 Å². The lowest BCUT2D eigenvalue weighted by Crippen LogP contribution is -2.34. The Morgan fingerprint density at radius 1 is 1.44 bits per heavy atom. The fourth-order valence-electron chi connectivity index (χ4n) is 1.88. The van der Waals surface area contributed by atoms with E-state index in [1.807, 2.05) is 11.8 Å². The highest BCUT2D eigenvalue weighted by molar-refractivity contribution is 7.99. The predicted octanol–water partition coefficient (Wildman–Crippen LogP) is 2.13. The van der Waals surface area contributed by atoms with Gasteiger partial charge in [-0.2, -0.15) is 16.7 Å². The van der Waals surface area contributed by atoms with Gasteiger partial charge in [0.05, 0.1) is 6.04 Å². The van der Waals surface area contributed by atoms with Gasteiger partial charge in [0, 0.05) is 31.0 Å². The van der Waals surface area contributed by atoms with Crippen molar-refractivity contribution >= 4 is 11.8 Å². The molecule has 16 heavy (non-hydrogen) atoms. The SMILES string of the molecule is CCCc1noc([C@@H](C)N2CCSCC2)n1. The molecule has 4 nitrogen and oxygen atoms in total. The van der Waals surface area contributed by atoms with Crippen LogP contribution < -0.4 is 0 Å². The van der Waals surface area contributed by atoms with Gasteiger partial charge in [0.1, 0.15) is 0 Å². The first kappa shape index (κ1) is 11.9. The first-order chi connectivity index (χ1) is 7.81. The first-order valence-corrected chi connectivity index (χ1v) is 7.11. The highest BCUT2D eigenvalue weighted by Crippen LogP contribution is 2.22. The van der Waals surface area contributed by atoms with Crippen molar-refractivity contribution in [1.82, 2.24) is 15.0 Å². The zero-order valence-electron chi connectivity index (χ0n) is 9.98. The zero-order valence-corrected chi connectivity index (χ0v) is 10.8. The second-order valence-electron chi connectivity index (χ2n) is 4.12. The zero-order chi connectivity index (χ0) is 11.4. The van der Waals surface area contributed by atoms with E-state index in [2.05, 4.69) is 28.9 Å². The third kappa shape index (κ3) is 2.77.